The maximum atomic E-state index is 11.1. The van der Waals surface area contributed by atoms with Gasteiger partial charge in [0.05, 0.1) is 19.1 Å². The molecule has 0 amide bonds. The first-order valence-electron chi connectivity index (χ1n) is 4.49. The third kappa shape index (κ3) is 1.88. The zero-order valence-electron chi connectivity index (χ0n) is 8.23. The Hall–Kier alpha value is -2.10. The molecule has 0 aliphatic carbocycles. The third-order valence-electron chi connectivity index (χ3n) is 2.06. The van der Waals surface area contributed by atoms with Crippen molar-refractivity contribution in [2.45, 2.75) is 0 Å². The number of benzene rings is 1. The molecule has 0 aliphatic heterocycles. The molecule has 1 aromatic heterocycles. The van der Waals surface area contributed by atoms with Gasteiger partial charge in [-0.1, -0.05) is 12.1 Å². The van der Waals surface area contributed by atoms with Crippen LogP contribution in [-0.2, 0) is 0 Å². The molecule has 0 bridgehead atoms. The SMILES string of the molecule is COc1ccccc1-c1cc(=O)[nH]cn1. The van der Waals surface area contributed by atoms with Gasteiger partial charge < -0.3 is 9.72 Å². The second kappa shape index (κ2) is 3.96. The molecule has 4 nitrogen and oxygen atoms in total. The summed E-state index contributed by atoms with van der Waals surface area (Å²) < 4.78 is 5.19. The van der Waals surface area contributed by atoms with Gasteiger partial charge in [-0.3, -0.25) is 4.79 Å². The molecule has 76 valence electrons. The lowest BCUT2D eigenvalue weighted by molar-refractivity contribution is 0.416. The van der Waals surface area contributed by atoms with Gasteiger partial charge in [0.2, 0.25) is 0 Å². The first-order valence-corrected chi connectivity index (χ1v) is 4.49. The maximum Gasteiger partial charge on any atom is 0.251 e. The normalized spacial score (nSPS) is 9.93. The van der Waals surface area contributed by atoms with Crippen LogP contribution in [0.15, 0.2) is 41.5 Å². The van der Waals surface area contributed by atoms with Gasteiger partial charge in [-0.15, -0.1) is 0 Å². The lowest BCUT2D eigenvalue weighted by Crippen LogP contribution is -2.04. The van der Waals surface area contributed by atoms with E-state index in [0.29, 0.717) is 11.4 Å². The van der Waals surface area contributed by atoms with Gasteiger partial charge in [0.25, 0.3) is 5.56 Å². The molecule has 0 atom stereocenters. The fourth-order valence-electron chi connectivity index (χ4n) is 1.37. The smallest absolute Gasteiger partial charge is 0.251 e. The highest BCUT2D eigenvalue weighted by molar-refractivity contribution is 5.66. The fraction of sp³-hybridized carbons (Fsp3) is 0.0909. The Labute approximate surface area is 86.6 Å². The molecule has 1 N–H and O–H groups in total. The molecule has 2 rings (SSSR count). The van der Waals surface area contributed by atoms with E-state index < -0.39 is 0 Å². The van der Waals surface area contributed by atoms with Crippen LogP contribution in [0.4, 0.5) is 0 Å². The second-order valence-electron chi connectivity index (χ2n) is 3.00. The van der Waals surface area contributed by atoms with Crippen molar-refractivity contribution in [2.75, 3.05) is 7.11 Å². The van der Waals surface area contributed by atoms with Gasteiger partial charge in [-0.2, -0.15) is 0 Å². The summed E-state index contributed by atoms with van der Waals surface area (Å²) in [6, 6.07) is 8.88. The molecule has 2 aromatic rings. The Morgan fingerprint density at radius 1 is 1.33 bits per heavy atom. The summed E-state index contributed by atoms with van der Waals surface area (Å²) in [6.45, 7) is 0. The van der Waals surface area contributed by atoms with Crippen LogP contribution in [0.5, 0.6) is 5.75 Å². The standard InChI is InChI=1S/C11H10N2O2/c1-15-10-5-3-2-4-8(10)9-6-11(14)13-7-12-9/h2-7H,1H3,(H,12,13,14). The van der Waals surface area contributed by atoms with E-state index in [2.05, 4.69) is 9.97 Å². The lowest BCUT2D eigenvalue weighted by Gasteiger charge is -2.06. The Bertz CT molecular complexity index is 520. The molecule has 15 heavy (non-hydrogen) atoms. The summed E-state index contributed by atoms with van der Waals surface area (Å²) >= 11 is 0. The number of ether oxygens (including phenoxy) is 1. The third-order valence-corrected chi connectivity index (χ3v) is 2.06. The van der Waals surface area contributed by atoms with Crippen LogP contribution in [-0.4, -0.2) is 17.1 Å². The van der Waals surface area contributed by atoms with E-state index in [-0.39, 0.29) is 5.56 Å². The van der Waals surface area contributed by atoms with Crippen molar-refractivity contribution >= 4 is 0 Å². The molecule has 0 fully saturated rings. The number of rotatable bonds is 2. The highest BCUT2D eigenvalue weighted by atomic mass is 16.5. The quantitative estimate of drug-likeness (QED) is 0.801. The lowest BCUT2D eigenvalue weighted by atomic mass is 10.1. The van der Waals surface area contributed by atoms with E-state index in [1.165, 1.54) is 12.4 Å². The number of aromatic amines is 1. The highest BCUT2D eigenvalue weighted by Gasteiger charge is 2.05. The molecule has 1 aromatic carbocycles. The number of nitrogens with zero attached hydrogens (tertiary/aromatic N) is 1. The topological polar surface area (TPSA) is 55.0 Å². The minimum atomic E-state index is -0.175. The zero-order chi connectivity index (χ0) is 10.7. The van der Waals surface area contributed by atoms with Crippen LogP contribution in [0.2, 0.25) is 0 Å². The fourth-order valence-corrected chi connectivity index (χ4v) is 1.37. The molecule has 0 aliphatic rings. The summed E-state index contributed by atoms with van der Waals surface area (Å²) in [5.74, 6) is 0.704. The zero-order valence-corrected chi connectivity index (χ0v) is 8.23. The number of hydrogen-bond donors (Lipinski definition) is 1. The van der Waals surface area contributed by atoms with E-state index in [0.717, 1.165) is 5.56 Å². The van der Waals surface area contributed by atoms with Gasteiger partial charge in [-0.25, -0.2) is 4.98 Å². The van der Waals surface area contributed by atoms with E-state index in [1.54, 1.807) is 7.11 Å². The number of H-pyrrole nitrogens is 1. The molecular weight excluding hydrogens is 192 g/mol. The van der Waals surface area contributed by atoms with Crippen LogP contribution in [0.3, 0.4) is 0 Å². The molecule has 0 radical (unpaired) electrons. The summed E-state index contributed by atoms with van der Waals surface area (Å²) in [4.78, 5) is 17.7. The number of nitrogens with one attached hydrogen (secondary N) is 1. The van der Waals surface area contributed by atoms with Gasteiger partial charge in [0.1, 0.15) is 5.75 Å². The van der Waals surface area contributed by atoms with Crippen LogP contribution < -0.4 is 10.3 Å². The highest BCUT2D eigenvalue weighted by Crippen LogP contribution is 2.26. The molecule has 1 heterocycles. The first kappa shape index (κ1) is 9.45. The monoisotopic (exact) mass is 202 g/mol. The van der Waals surface area contributed by atoms with E-state index >= 15 is 0 Å². The Kier molecular flexibility index (Phi) is 2.49. The minimum Gasteiger partial charge on any atom is -0.496 e. The van der Waals surface area contributed by atoms with Crippen molar-refractivity contribution in [3.8, 4) is 17.0 Å². The van der Waals surface area contributed by atoms with Crippen LogP contribution in [0.25, 0.3) is 11.3 Å². The predicted molar refractivity (Wildman–Crippen MR) is 56.8 cm³/mol. The molecular formula is C11H10N2O2. The second-order valence-corrected chi connectivity index (χ2v) is 3.00. The Morgan fingerprint density at radius 3 is 2.87 bits per heavy atom. The minimum absolute atomic E-state index is 0.175. The summed E-state index contributed by atoms with van der Waals surface area (Å²) in [7, 11) is 1.59. The summed E-state index contributed by atoms with van der Waals surface area (Å²) in [5, 5.41) is 0. The summed E-state index contributed by atoms with van der Waals surface area (Å²) in [6.07, 6.45) is 1.38. The molecule has 0 spiro atoms. The van der Waals surface area contributed by atoms with Crippen molar-refractivity contribution in [2.24, 2.45) is 0 Å². The number of aromatic nitrogens is 2. The van der Waals surface area contributed by atoms with E-state index in [9.17, 15) is 4.79 Å². The Morgan fingerprint density at radius 2 is 2.13 bits per heavy atom. The average molecular weight is 202 g/mol. The number of methoxy groups -OCH3 is 1. The first-order chi connectivity index (χ1) is 7.31. The van der Waals surface area contributed by atoms with Crippen molar-refractivity contribution in [3.63, 3.8) is 0 Å². The Balaban J connectivity index is 2.58. The maximum absolute atomic E-state index is 11.1. The van der Waals surface area contributed by atoms with Crippen LogP contribution in [0.1, 0.15) is 0 Å². The molecule has 4 heteroatoms. The predicted octanol–water partition coefficient (Wildman–Crippen LogP) is 1.45. The van der Waals surface area contributed by atoms with Crippen molar-refractivity contribution in [1.82, 2.24) is 9.97 Å². The van der Waals surface area contributed by atoms with E-state index in [1.807, 2.05) is 24.3 Å². The molecule has 0 saturated heterocycles. The van der Waals surface area contributed by atoms with Gasteiger partial charge >= 0.3 is 0 Å². The largest absolute Gasteiger partial charge is 0.496 e. The molecule has 0 unspecified atom stereocenters. The summed E-state index contributed by atoms with van der Waals surface area (Å²) in [5.41, 5.74) is 1.24. The van der Waals surface area contributed by atoms with Gasteiger partial charge in [0, 0.05) is 11.6 Å². The molecule has 0 saturated carbocycles. The number of hydrogen-bond acceptors (Lipinski definition) is 3. The average Bonchev–Trinajstić information content (AvgIpc) is 2.29. The van der Waals surface area contributed by atoms with Crippen LogP contribution >= 0.6 is 0 Å². The van der Waals surface area contributed by atoms with Gasteiger partial charge in [-0.05, 0) is 12.1 Å². The van der Waals surface area contributed by atoms with Gasteiger partial charge in [0.15, 0.2) is 0 Å². The van der Waals surface area contributed by atoms with Crippen molar-refractivity contribution < 1.29 is 4.74 Å². The number of para-hydroxylation sites is 1. The van der Waals surface area contributed by atoms with E-state index in [4.69, 9.17) is 4.74 Å². The van der Waals surface area contributed by atoms with Crippen molar-refractivity contribution in [3.05, 3.63) is 47.0 Å². The van der Waals surface area contributed by atoms with Crippen molar-refractivity contribution in [1.29, 1.82) is 0 Å². The van der Waals surface area contributed by atoms with Crippen LogP contribution in [0, 0.1) is 0 Å².